The number of ether oxygens (including phenoxy) is 1. The largest absolute Gasteiger partial charge is 0.494 e. The Morgan fingerprint density at radius 3 is 2.70 bits per heavy atom. The van der Waals surface area contributed by atoms with Crippen LogP contribution >= 0.6 is 11.8 Å². The van der Waals surface area contributed by atoms with E-state index < -0.39 is 5.97 Å². The highest BCUT2D eigenvalue weighted by Gasteiger charge is 2.05. The zero-order valence-corrected chi connectivity index (χ0v) is 11.9. The van der Waals surface area contributed by atoms with Gasteiger partial charge in [0, 0.05) is 16.8 Å². The first-order chi connectivity index (χ1) is 9.69. The van der Waals surface area contributed by atoms with Gasteiger partial charge in [-0.1, -0.05) is 12.1 Å². The topological polar surface area (TPSA) is 59.4 Å². The first-order valence-corrected chi connectivity index (χ1v) is 7.21. The molecular formula is C15H15NO3S. The van der Waals surface area contributed by atoms with E-state index in [4.69, 9.17) is 9.84 Å². The van der Waals surface area contributed by atoms with E-state index in [9.17, 15) is 4.79 Å². The van der Waals surface area contributed by atoms with Gasteiger partial charge in [0.15, 0.2) is 0 Å². The molecule has 2 aromatic rings. The fraction of sp³-hybridized carbons (Fsp3) is 0.200. The SMILES string of the molecule is CCOc1ccc(CSc2ccnc(C(=O)O)c2)cc1. The third-order valence-corrected chi connectivity index (χ3v) is 3.66. The molecule has 0 fully saturated rings. The van der Waals surface area contributed by atoms with Crippen LogP contribution in [-0.4, -0.2) is 22.7 Å². The second kappa shape index (κ2) is 6.96. The van der Waals surface area contributed by atoms with Crippen LogP contribution in [0, 0.1) is 0 Å². The van der Waals surface area contributed by atoms with Crippen molar-refractivity contribution in [1.29, 1.82) is 0 Å². The monoisotopic (exact) mass is 289 g/mol. The van der Waals surface area contributed by atoms with Crippen molar-refractivity contribution < 1.29 is 14.6 Å². The van der Waals surface area contributed by atoms with Crippen molar-refractivity contribution in [2.24, 2.45) is 0 Å². The van der Waals surface area contributed by atoms with Gasteiger partial charge in [-0.3, -0.25) is 0 Å². The number of pyridine rings is 1. The average Bonchev–Trinajstić information content (AvgIpc) is 2.47. The van der Waals surface area contributed by atoms with E-state index in [1.807, 2.05) is 37.3 Å². The highest BCUT2D eigenvalue weighted by molar-refractivity contribution is 7.98. The molecule has 1 heterocycles. The van der Waals surface area contributed by atoms with Crippen molar-refractivity contribution in [2.75, 3.05) is 6.61 Å². The molecule has 20 heavy (non-hydrogen) atoms. The van der Waals surface area contributed by atoms with Crippen molar-refractivity contribution >= 4 is 17.7 Å². The number of benzene rings is 1. The first-order valence-electron chi connectivity index (χ1n) is 6.23. The quantitative estimate of drug-likeness (QED) is 0.825. The number of carbonyl (C=O) groups is 1. The summed E-state index contributed by atoms with van der Waals surface area (Å²) in [6.45, 7) is 2.61. The molecule has 0 bridgehead atoms. The maximum Gasteiger partial charge on any atom is 0.354 e. The van der Waals surface area contributed by atoms with E-state index in [2.05, 4.69) is 4.98 Å². The van der Waals surface area contributed by atoms with E-state index in [1.165, 1.54) is 6.20 Å². The summed E-state index contributed by atoms with van der Waals surface area (Å²) in [5.74, 6) is 0.627. The lowest BCUT2D eigenvalue weighted by Gasteiger charge is -2.05. The Kier molecular flexibility index (Phi) is 5.01. The summed E-state index contributed by atoms with van der Waals surface area (Å²) in [5, 5.41) is 8.89. The van der Waals surface area contributed by atoms with E-state index in [1.54, 1.807) is 17.8 Å². The molecule has 2 rings (SSSR count). The molecule has 0 spiro atoms. The smallest absolute Gasteiger partial charge is 0.354 e. The number of aromatic nitrogens is 1. The van der Waals surface area contributed by atoms with Gasteiger partial charge < -0.3 is 9.84 Å². The van der Waals surface area contributed by atoms with Gasteiger partial charge in [-0.05, 0) is 36.8 Å². The second-order valence-electron chi connectivity index (χ2n) is 4.05. The summed E-state index contributed by atoms with van der Waals surface area (Å²) < 4.78 is 5.39. The summed E-state index contributed by atoms with van der Waals surface area (Å²) >= 11 is 1.58. The first kappa shape index (κ1) is 14.4. The summed E-state index contributed by atoms with van der Waals surface area (Å²) in [4.78, 5) is 15.5. The molecule has 1 aromatic heterocycles. The highest BCUT2D eigenvalue weighted by atomic mass is 32.2. The predicted molar refractivity (Wildman–Crippen MR) is 78.4 cm³/mol. The molecule has 0 aliphatic rings. The number of hydrogen-bond acceptors (Lipinski definition) is 4. The van der Waals surface area contributed by atoms with E-state index in [0.717, 1.165) is 22.0 Å². The van der Waals surface area contributed by atoms with E-state index >= 15 is 0 Å². The Morgan fingerprint density at radius 1 is 1.30 bits per heavy atom. The Balaban J connectivity index is 1.97. The molecule has 4 nitrogen and oxygen atoms in total. The molecule has 0 unspecified atom stereocenters. The third kappa shape index (κ3) is 3.99. The molecule has 104 valence electrons. The molecule has 0 aliphatic heterocycles. The number of hydrogen-bond donors (Lipinski definition) is 1. The van der Waals surface area contributed by atoms with Crippen molar-refractivity contribution in [3.63, 3.8) is 0 Å². The fourth-order valence-electron chi connectivity index (χ4n) is 1.63. The van der Waals surface area contributed by atoms with Crippen LogP contribution in [0.4, 0.5) is 0 Å². The summed E-state index contributed by atoms with van der Waals surface area (Å²) in [6, 6.07) is 11.3. The number of aromatic carboxylic acids is 1. The molecule has 0 amide bonds. The molecule has 5 heteroatoms. The molecule has 1 aromatic carbocycles. The Morgan fingerprint density at radius 2 is 2.05 bits per heavy atom. The average molecular weight is 289 g/mol. The molecule has 0 saturated heterocycles. The number of carboxylic acids is 1. The Bertz CT molecular complexity index is 584. The summed E-state index contributed by atoms with van der Waals surface area (Å²) in [5.41, 5.74) is 1.23. The van der Waals surface area contributed by atoms with Gasteiger partial charge >= 0.3 is 5.97 Å². The van der Waals surface area contributed by atoms with Crippen LogP contribution in [0.15, 0.2) is 47.5 Å². The van der Waals surface area contributed by atoms with Gasteiger partial charge in [-0.15, -0.1) is 11.8 Å². The highest BCUT2D eigenvalue weighted by Crippen LogP contribution is 2.24. The fourth-order valence-corrected chi connectivity index (χ4v) is 2.51. The van der Waals surface area contributed by atoms with Gasteiger partial charge in [0.05, 0.1) is 6.61 Å². The van der Waals surface area contributed by atoms with Crippen LogP contribution in [0.3, 0.4) is 0 Å². The maximum atomic E-state index is 10.8. The number of rotatable bonds is 6. The zero-order chi connectivity index (χ0) is 14.4. The second-order valence-corrected chi connectivity index (χ2v) is 5.10. The van der Waals surface area contributed by atoms with Gasteiger partial charge in [0.1, 0.15) is 11.4 Å². The lowest BCUT2D eigenvalue weighted by atomic mass is 10.2. The lowest BCUT2D eigenvalue weighted by Crippen LogP contribution is -1.99. The number of thioether (sulfide) groups is 1. The lowest BCUT2D eigenvalue weighted by molar-refractivity contribution is 0.0690. The van der Waals surface area contributed by atoms with Crippen molar-refractivity contribution in [2.45, 2.75) is 17.6 Å². The van der Waals surface area contributed by atoms with Gasteiger partial charge in [0.2, 0.25) is 0 Å². The standard InChI is InChI=1S/C15H15NO3S/c1-2-19-12-5-3-11(4-6-12)10-20-13-7-8-16-14(9-13)15(17)18/h3-9H,2,10H2,1H3,(H,17,18). The predicted octanol–water partition coefficient (Wildman–Crippen LogP) is 3.47. The van der Waals surface area contributed by atoms with Crippen LogP contribution in [0.2, 0.25) is 0 Å². The van der Waals surface area contributed by atoms with Crippen LogP contribution < -0.4 is 4.74 Å². The Hall–Kier alpha value is -2.01. The molecule has 0 atom stereocenters. The minimum Gasteiger partial charge on any atom is -0.494 e. The molecule has 1 N–H and O–H groups in total. The van der Waals surface area contributed by atoms with E-state index in [0.29, 0.717) is 6.61 Å². The van der Waals surface area contributed by atoms with Gasteiger partial charge in [-0.2, -0.15) is 0 Å². The van der Waals surface area contributed by atoms with Crippen LogP contribution in [-0.2, 0) is 5.75 Å². The molecular weight excluding hydrogens is 274 g/mol. The molecule has 0 aliphatic carbocycles. The van der Waals surface area contributed by atoms with Crippen molar-refractivity contribution in [3.8, 4) is 5.75 Å². The van der Waals surface area contributed by atoms with Crippen molar-refractivity contribution in [3.05, 3.63) is 53.9 Å². The zero-order valence-electron chi connectivity index (χ0n) is 11.1. The molecule has 0 saturated carbocycles. The number of nitrogens with zero attached hydrogens (tertiary/aromatic N) is 1. The summed E-state index contributed by atoms with van der Waals surface area (Å²) in [7, 11) is 0. The van der Waals surface area contributed by atoms with Crippen LogP contribution in [0.5, 0.6) is 5.75 Å². The van der Waals surface area contributed by atoms with E-state index in [-0.39, 0.29) is 5.69 Å². The van der Waals surface area contributed by atoms with Crippen molar-refractivity contribution in [1.82, 2.24) is 4.98 Å². The van der Waals surface area contributed by atoms with Crippen LogP contribution in [0.25, 0.3) is 0 Å². The normalized spacial score (nSPS) is 10.2. The van der Waals surface area contributed by atoms with Gasteiger partial charge in [0.25, 0.3) is 0 Å². The Labute approximate surface area is 121 Å². The molecule has 0 radical (unpaired) electrons. The third-order valence-electron chi connectivity index (χ3n) is 2.59. The minimum atomic E-state index is -1.01. The summed E-state index contributed by atoms with van der Waals surface area (Å²) in [6.07, 6.45) is 1.52. The van der Waals surface area contributed by atoms with Gasteiger partial charge in [-0.25, -0.2) is 9.78 Å². The minimum absolute atomic E-state index is 0.0710. The number of carboxylic acid groups (broad SMARTS) is 1. The van der Waals surface area contributed by atoms with Crippen LogP contribution in [0.1, 0.15) is 23.0 Å². The maximum absolute atomic E-state index is 10.8.